The van der Waals surface area contributed by atoms with Crippen LogP contribution in [0.3, 0.4) is 0 Å². The first-order chi connectivity index (χ1) is 17.5. The molecule has 5 rings (SSSR count). The third-order valence-corrected chi connectivity index (χ3v) is 7.88. The minimum Gasteiger partial charge on any atom is -0.481 e. The van der Waals surface area contributed by atoms with Gasteiger partial charge in [0.05, 0.1) is 29.9 Å². The van der Waals surface area contributed by atoms with Gasteiger partial charge in [0.25, 0.3) is 0 Å². The van der Waals surface area contributed by atoms with Gasteiger partial charge in [0, 0.05) is 41.0 Å². The molecule has 2 aliphatic rings. The number of pyridine rings is 1. The molecule has 6 heteroatoms. The highest BCUT2D eigenvalue weighted by Crippen LogP contribution is 2.45. The zero-order valence-electron chi connectivity index (χ0n) is 20.5. The summed E-state index contributed by atoms with van der Waals surface area (Å²) in [6.07, 6.45) is 10.3. The molecular weight excluding hydrogens is 514 g/mol. The summed E-state index contributed by atoms with van der Waals surface area (Å²) < 4.78 is 6.75. The number of aliphatic hydroxyl groups is 1. The average Bonchev–Trinajstić information content (AvgIpc) is 2.91. The van der Waals surface area contributed by atoms with E-state index in [1.165, 1.54) is 5.57 Å². The van der Waals surface area contributed by atoms with E-state index in [-0.39, 0.29) is 5.92 Å². The van der Waals surface area contributed by atoms with E-state index in [1.54, 1.807) is 7.11 Å². The first kappa shape index (κ1) is 24.7. The summed E-state index contributed by atoms with van der Waals surface area (Å²) in [6, 6.07) is 17.8. The molecule has 1 aromatic heterocycles. The second-order valence-corrected chi connectivity index (χ2v) is 10.6. The lowest BCUT2D eigenvalue weighted by Gasteiger charge is -2.43. The second-order valence-electron chi connectivity index (χ2n) is 9.73. The van der Waals surface area contributed by atoms with Gasteiger partial charge in [-0.05, 0) is 73.2 Å². The Morgan fingerprint density at radius 3 is 2.58 bits per heavy atom. The van der Waals surface area contributed by atoms with E-state index in [4.69, 9.17) is 9.72 Å². The Kier molecular flexibility index (Phi) is 7.25. The number of halogens is 1. The Balaban J connectivity index is 1.53. The summed E-state index contributed by atoms with van der Waals surface area (Å²) >= 11 is 3.57. The standard InChI is InChI=1S/C30H30BrN3O2/c1-36-29-26(18-24-17-25(31)11-12-27(24)33-29)28(23-9-7-21(19-32)8-10-23)30(35)13-15-34(16-14-30)20-22-5-3-2-4-6-22/h3,5-12,17-18,28,35H,2,4,13-16,20H2,1H3. The third-order valence-electron chi connectivity index (χ3n) is 7.38. The van der Waals surface area contributed by atoms with Crippen LogP contribution in [0.15, 0.2) is 76.8 Å². The van der Waals surface area contributed by atoms with Gasteiger partial charge in [-0.1, -0.05) is 46.3 Å². The number of hydrogen-bond acceptors (Lipinski definition) is 5. The van der Waals surface area contributed by atoms with Crippen molar-refractivity contribution in [2.75, 3.05) is 26.7 Å². The molecule has 0 radical (unpaired) electrons. The Morgan fingerprint density at radius 1 is 1.14 bits per heavy atom. The smallest absolute Gasteiger partial charge is 0.217 e. The normalized spacial score (nSPS) is 18.4. The summed E-state index contributed by atoms with van der Waals surface area (Å²) in [5.41, 5.74) is 3.64. The molecule has 0 spiro atoms. The van der Waals surface area contributed by atoms with Crippen LogP contribution < -0.4 is 4.74 Å². The molecular formula is C30H30BrN3O2. The molecule has 0 amide bonds. The van der Waals surface area contributed by atoms with Crippen LogP contribution in [0.1, 0.15) is 48.3 Å². The Bertz CT molecular complexity index is 1350. The van der Waals surface area contributed by atoms with Crippen molar-refractivity contribution in [2.24, 2.45) is 0 Å². The van der Waals surface area contributed by atoms with Crippen molar-refractivity contribution in [3.05, 3.63) is 93.5 Å². The van der Waals surface area contributed by atoms with Crippen molar-refractivity contribution in [3.8, 4) is 11.9 Å². The summed E-state index contributed by atoms with van der Waals surface area (Å²) in [5, 5.41) is 22.5. The summed E-state index contributed by atoms with van der Waals surface area (Å²) in [7, 11) is 1.63. The van der Waals surface area contributed by atoms with Crippen LogP contribution in [0.5, 0.6) is 5.88 Å². The van der Waals surface area contributed by atoms with Crippen molar-refractivity contribution in [1.82, 2.24) is 9.88 Å². The molecule has 0 saturated carbocycles. The van der Waals surface area contributed by atoms with Gasteiger partial charge in [0.15, 0.2) is 0 Å². The molecule has 184 valence electrons. The number of methoxy groups -OCH3 is 1. The lowest BCUT2D eigenvalue weighted by Crippen LogP contribution is -2.48. The zero-order chi connectivity index (χ0) is 25.1. The zero-order valence-corrected chi connectivity index (χ0v) is 22.0. The van der Waals surface area contributed by atoms with Gasteiger partial charge in [-0.15, -0.1) is 0 Å². The van der Waals surface area contributed by atoms with Crippen LogP contribution in [0.2, 0.25) is 0 Å². The van der Waals surface area contributed by atoms with Gasteiger partial charge >= 0.3 is 0 Å². The lowest BCUT2D eigenvalue weighted by molar-refractivity contribution is -0.0324. The molecule has 5 nitrogen and oxygen atoms in total. The van der Waals surface area contributed by atoms with E-state index in [1.807, 2.05) is 42.5 Å². The Labute approximate surface area is 220 Å². The number of fused-ring (bicyclic) bond motifs is 1. The van der Waals surface area contributed by atoms with Gasteiger partial charge in [-0.25, -0.2) is 4.98 Å². The monoisotopic (exact) mass is 543 g/mol. The predicted octanol–water partition coefficient (Wildman–Crippen LogP) is 6.11. The minimum absolute atomic E-state index is 0.341. The fraction of sp³-hybridized carbons (Fsp3) is 0.333. The third kappa shape index (κ3) is 5.10. The lowest BCUT2D eigenvalue weighted by atomic mass is 9.72. The van der Waals surface area contributed by atoms with Gasteiger partial charge < -0.3 is 9.84 Å². The van der Waals surface area contributed by atoms with Gasteiger partial charge in [-0.2, -0.15) is 5.26 Å². The van der Waals surface area contributed by atoms with Gasteiger partial charge in [0.1, 0.15) is 0 Å². The number of nitriles is 1. The maximum absolute atomic E-state index is 12.2. The fourth-order valence-corrected chi connectivity index (χ4v) is 5.85. The molecule has 1 aliphatic carbocycles. The molecule has 1 fully saturated rings. The number of rotatable bonds is 6. The number of nitrogens with zero attached hydrogens (tertiary/aromatic N) is 3. The molecule has 0 bridgehead atoms. The molecule has 2 aromatic carbocycles. The molecule has 1 saturated heterocycles. The molecule has 1 atom stereocenters. The molecule has 1 unspecified atom stereocenters. The van der Waals surface area contributed by atoms with E-state index in [0.29, 0.717) is 24.3 Å². The van der Waals surface area contributed by atoms with Crippen LogP contribution in [-0.2, 0) is 0 Å². The number of likely N-dealkylation sites (tertiary alicyclic amines) is 1. The fourth-order valence-electron chi connectivity index (χ4n) is 5.48. The Hall–Kier alpha value is -2.98. The van der Waals surface area contributed by atoms with Gasteiger partial charge in [-0.3, -0.25) is 4.90 Å². The topological polar surface area (TPSA) is 69.4 Å². The van der Waals surface area contributed by atoms with Crippen molar-refractivity contribution in [2.45, 2.75) is 37.2 Å². The van der Waals surface area contributed by atoms with Crippen LogP contribution in [-0.4, -0.2) is 47.3 Å². The predicted molar refractivity (Wildman–Crippen MR) is 146 cm³/mol. The summed E-state index contributed by atoms with van der Waals surface area (Å²) in [5.74, 6) is 0.180. The summed E-state index contributed by atoms with van der Waals surface area (Å²) in [6.45, 7) is 2.54. The quantitative estimate of drug-likeness (QED) is 0.406. The highest BCUT2D eigenvalue weighted by atomic mass is 79.9. The van der Waals surface area contributed by atoms with E-state index in [0.717, 1.165) is 59.0 Å². The van der Waals surface area contributed by atoms with E-state index in [9.17, 15) is 10.4 Å². The minimum atomic E-state index is -0.976. The van der Waals surface area contributed by atoms with E-state index in [2.05, 4.69) is 51.2 Å². The number of ether oxygens (including phenoxy) is 1. The number of aromatic nitrogens is 1. The summed E-state index contributed by atoms with van der Waals surface area (Å²) in [4.78, 5) is 7.23. The SMILES string of the molecule is COc1nc2ccc(Br)cc2cc1C(c1ccc(C#N)cc1)C1(O)CCN(CC2=CCCC=C2)CC1. The van der Waals surface area contributed by atoms with E-state index >= 15 is 0 Å². The first-order valence-electron chi connectivity index (χ1n) is 12.4. The molecule has 36 heavy (non-hydrogen) atoms. The highest BCUT2D eigenvalue weighted by molar-refractivity contribution is 9.10. The van der Waals surface area contributed by atoms with Crippen molar-refractivity contribution >= 4 is 26.8 Å². The van der Waals surface area contributed by atoms with Crippen molar-refractivity contribution in [1.29, 1.82) is 5.26 Å². The highest BCUT2D eigenvalue weighted by Gasteiger charge is 2.43. The maximum Gasteiger partial charge on any atom is 0.217 e. The first-order valence-corrected chi connectivity index (χ1v) is 13.2. The molecule has 3 aromatic rings. The Morgan fingerprint density at radius 2 is 1.92 bits per heavy atom. The van der Waals surface area contributed by atoms with Crippen molar-refractivity contribution < 1.29 is 9.84 Å². The van der Waals surface area contributed by atoms with Crippen LogP contribution >= 0.6 is 15.9 Å². The number of piperidine rings is 1. The number of hydrogen-bond donors (Lipinski definition) is 1. The molecule has 2 heterocycles. The number of allylic oxidation sites excluding steroid dienone is 2. The number of benzene rings is 2. The average molecular weight is 544 g/mol. The molecule has 1 N–H and O–H groups in total. The van der Waals surface area contributed by atoms with Gasteiger partial charge in [0.2, 0.25) is 5.88 Å². The van der Waals surface area contributed by atoms with Crippen molar-refractivity contribution in [3.63, 3.8) is 0 Å². The van der Waals surface area contributed by atoms with Crippen LogP contribution in [0, 0.1) is 11.3 Å². The maximum atomic E-state index is 12.2. The largest absolute Gasteiger partial charge is 0.481 e. The molecule has 1 aliphatic heterocycles. The second kappa shape index (κ2) is 10.6. The van der Waals surface area contributed by atoms with Crippen LogP contribution in [0.4, 0.5) is 0 Å². The van der Waals surface area contributed by atoms with Crippen LogP contribution in [0.25, 0.3) is 10.9 Å². The van der Waals surface area contributed by atoms with E-state index < -0.39 is 5.60 Å².